The van der Waals surface area contributed by atoms with Crippen LogP contribution in [-0.2, 0) is 4.79 Å². The summed E-state index contributed by atoms with van der Waals surface area (Å²) >= 11 is 12.1. The van der Waals surface area contributed by atoms with Crippen molar-refractivity contribution in [2.45, 2.75) is 0 Å². The third-order valence-corrected chi connectivity index (χ3v) is 4.83. The van der Waals surface area contributed by atoms with Gasteiger partial charge < -0.3 is 15.1 Å². The highest BCUT2D eigenvalue weighted by atomic mass is 35.5. The van der Waals surface area contributed by atoms with Gasteiger partial charge in [-0.1, -0.05) is 35.3 Å². The maximum Gasteiger partial charge on any atom is 0.279 e. The van der Waals surface area contributed by atoms with Crippen molar-refractivity contribution in [3.8, 4) is 0 Å². The molecule has 0 radical (unpaired) electrons. The van der Waals surface area contributed by atoms with Crippen molar-refractivity contribution in [3.05, 3.63) is 58.3 Å². The zero-order valence-electron chi connectivity index (χ0n) is 13.6. The number of quaternary nitrogens is 1. The topological polar surface area (TPSA) is 36.8 Å². The number of para-hydroxylation sites is 1. The summed E-state index contributed by atoms with van der Waals surface area (Å²) in [5.41, 5.74) is 1.14. The van der Waals surface area contributed by atoms with Crippen LogP contribution < -0.4 is 15.1 Å². The molecule has 0 spiro atoms. The fourth-order valence-electron chi connectivity index (χ4n) is 2.96. The second-order valence-corrected chi connectivity index (χ2v) is 6.88. The number of nitrogens with one attached hydrogen (secondary N) is 2. The maximum absolute atomic E-state index is 13.7. The summed E-state index contributed by atoms with van der Waals surface area (Å²) < 4.78 is 13.7. The SMILES string of the molecule is O=C(C[NH+]1CCN(c2ccccc2Cl)CC1)Nc1cc(Cl)ccc1F. The van der Waals surface area contributed by atoms with Crippen LogP contribution in [0.5, 0.6) is 0 Å². The van der Waals surface area contributed by atoms with Gasteiger partial charge in [-0.15, -0.1) is 0 Å². The zero-order valence-corrected chi connectivity index (χ0v) is 15.1. The van der Waals surface area contributed by atoms with Crippen LogP contribution in [0.1, 0.15) is 0 Å². The molecular formula is C18H19Cl2FN3O+. The monoisotopic (exact) mass is 382 g/mol. The summed E-state index contributed by atoms with van der Waals surface area (Å²) in [5, 5.41) is 3.72. The number of hydrogen-bond donors (Lipinski definition) is 2. The molecule has 0 saturated carbocycles. The number of halogens is 3. The summed E-state index contributed by atoms with van der Waals surface area (Å²) in [6.07, 6.45) is 0. The number of rotatable bonds is 4. The fraction of sp³-hybridized carbons (Fsp3) is 0.278. The number of piperazine rings is 1. The molecule has 1 aliphatic heterocycles. The summed E-state index contributed by atoms with van der Waals surface area (Å²) in [7, 11) is 0. The first-order chi connectivity index (χ1) is 12.0. The van der Waals surface area contributed by atoms with E-state index in [-0.39, 0.29) is 11.6 Å². The second-order valence-electron chi connectivity index (χ2n) is 6.04. The van der Waals surface area contributed by atoms with Crippen LogP contribution in [0.15, 0.2) is 42.5 Å². The van der Waals surface area contributed by atoms with Gasteiger partial charge in [0.15, 0.2) is 6.54 Å². The molecule has 2 N–H and O–H groups in total. The number of hydrogen-bond acceptors (Lipinski definition) is 2. The molecule has 0 aromatic heterocycles. The molecule has 0 aliphatic carbocycles. The fourth-order valence-corrected chi connectivity index (χ4v) is 3.39. The molecule has 132 valence electrons. The Bertz CT molecular complexity index is 764. The highest BCUT2D eigenvalue weighted by molar-refractivity contribution is 6.33. The van der Waals surface area contributed by atoms with Crippen LogP contribution in [0.4, 0.5) is 15.8 Å². The molecule has 1 amide bonds. The Morgan fingerprint density at radius 2 is 1.88 bits per heavy atom. The van der Waals surface area contributed by atoms with Gasteiger partial charge in [0.1, 0.15) is 5.82 Å². The lowest BCUT2D eigenvalue weighted by atomic mass is 10.2. The predicted molar refractivity (Wildman–Crippen MR) is 99.3 cm³/mol. The standard InChI is InChI=1S/C18H18Cl2FN3O/c19-13-5-6-15(21)16(11-13)22-18(25)12-23-7-9-24(10-8-23)17-4-2-1-3-14(17)20/h1-6,11H,7-10,12H2,(H,22,25)/p+1. The number of carbonyl (C=O) groups excluding carboxylic acids is 1. The van der Waals surface area contributed by atoms with Crippen molar-refractivity contribution in [1.29, 1.82) is 0 Å². The number of benzene rings is 2. The molecule has 3 rings (SSSR count). The Balaban J connectivity index is 1.53. The van der Waals surface area contributed by atoms with E-state index in [1.807, 2.05) is 24.3 Å². The van der Waals surface area contributed by atoms with E-state index in [0.717, 1.165) is 41.8 Å². The molecule has 4 nitrogen and oxygen atoms in total. The third kappa shape index (κ3) is 4.63. The predicted octanol–water partition coefficient (Wildman–Crippen LogP) is 2.48. The minimum atomic E-state index is -0.490. The van der Waals surface area contributed by atoms with Gasteiger partial charge in [-0.25, -0.2) is 4.39 Å². The molecule has 7 heteroatoms. The number of nitrogens with zero attached hydrogens (tertiary/aromatic N) is 1. The Kier molecular flexibility index (Phi) is 5.78. The normalized spacial score (nSPS) is 15.2. The van der Waals surface area contributed by atoms with Crippen molar-refractivity contribution in [3.63, 3.8) is 0 Å². The van der Waals surface area contributed by atoms with E-state index in [0.29, 0.717) is 11.6 Å². The Morgan fingerprint density at radius 1 is 1.16 bits per heavy atom. The Hall–Kier alpha value is -1.82. The quantitative estimate of drug-likeness (QED) is 0.851. The molecule has 1 fully saturated rings. The van der Waals surface area contributed by atoms with Crippen LogP contribution >= 0.6 is 23.2 Å². The van der Waals surface area contributed by atoms with Crippen LogP contribution in [0.2, 0.25) is 10.0 Å². The maximum atomic E-state index is 13.7. The number of anilines is 2. The van der Waals surface area contributed by atoms with Gasteiger partial charge >= 0.3 is 0 Å². The van der Waals surface area contributed by atoms with Gasteiger partial charge in [-0.05, 0) is 30.3 Å². The first kappa shape index (κ1) is 18.0. The molecule has 0 unspecified atom stereocenters. The summed E-state index contributed by atoms with van der Waals surface area (Å²) in [6, 6.07) is 11.9. The molecular weight excluding hydrogens is 364 g/mol. The van der Waals surface area contributed by atoms with E-state index in [9.17, 15) is 9.18 Å². The molecule has 1 heterocycles. The van der Waals surface area contributed by atoms with Gasteiger partial charge in [0.05, 0.1) is 42.6 Å². The number of amides is 1. The molecule has 1 saturated heterocycles. The lowest BCUT2D eigenvalue weighted by Crippen LogP contribution is -3.15. The van der Waals surface area contributed by atoms with Crippen molar-refractivity contribution in [2.75, 3.05) is 42.9 Å². The molecule has 2 aromatic rings. The summed E-state index contributed by atoms with van der Waals surface area (Å²) in [5.74, 6) is -0.710. The summed E-state index contributed by atoms with van der Waals surface area (Å²) in [6.45, 7) is 3.56. The van der Waals surface area contributed by atoms with Gasteiger partial charge in [0.2, 0.25) is 0 Å². The van der Waals surface area contributed by atoms with Crippen LogP contribution in [-0.4, -0.2) is 38.6 Å². The van der Waals surface area contributed by atoms with Gasteiger partial charge in [-0.2, -0.15) is 0 Å². The molecule has 0 bridgehead atoms. The minimum absolute atomic E-state index is 0.117. The molecule has 2 aromatic carbocycles. The third-order valence-electron chi connectivity index (χ3n) is 4.28. The highest BCUT2D eigenvalue weighted by Crippen LogP contribution is 2.24. The molecule has 0 atom stereocenters. The average molecular weight is 383 g/mol. The van der Waals surface area contributed by atoms with Crippen LogP contribution in [0.25, 0.3) is 0 Å². The lowest BCUT2D eigenvalue weighted by Gasteiger charge is -2.33. The van der Waals surface area contributed by atoms with Gasteiger partial charge in [-0.3, -0.25) is 4.79 Å². The average Bonchev–Trinajstić information content (AvgIpc) is 2.59. The van der Waals surface area contributed by atoms with Gasteiger partial charge in [0, 0.05) is 5.02 Å². The minimum Gasteiger partial charge on any atom is -0.359 e. The Labute approximate surface area is 156 Å². The molecule has 25 heavy (non-hydrogen) atoms. The highest BCUT2D eigenvalue weighted by Gasteiger charge is 2.23. The van der Waals surface area contributed by atoms with E-state index < -0.39 is 5.82 Å². The van der Waals surface area contributed by atoms with E-state index in [2.05, 4.69) is 10.2 Å². The van der Waals surface area contributed by atoms with Crippen molar-refractivity contribution in [1.82, 2.24) is 0 Å². The Morgan fingerprint density at radius 3 is 2.60 bits per heavy atom. The van der Waals surface area contributed by atoms with Crippen LogP contribution in [0.3, 0.4) is 0 Å². The lowest BCUT2D eigenvalue weighted by molar-refractivity contribution is -0.892. The van der Waals surface area contributed by atoms with E-state index in [1.54, 1.807) is 0 Å². The first-order valence-electron chi connectivity index (χ1n) is 8.11. The van der Waals surface area contributed by atoms with E-state index in [1.165, 1.54) is 18.2 Å². The second kappa shape index (κ2) is 8.04. The number of carbonyl (C=O) groups is 1. The molecule has 1 aliphatic rings. The van der Waals surface area contributed by atoms with E-state index in [4.69, 9.17) is 23.2 Å². The van der Waals surface area contributed by atoms with Gasteiger partial charge in [0.25, 0.3) is 5.91 Å². The first-order valence-corrected chi connectivity index (χ1v) is 8.86. The van der Waals surface area contributed by atoms with E-state index >= 15 is 0 Å². The van der Waals surface area contributed by atoms with Crippen molar-refractivity contribution < 1.29 is 14.1 Å². The van der Waals surface area contributed by atoms with Crippen LogP contribution in [0, 0.1) is 5.82 Å². The zero-order chi connectivity index (χ0) is 17.8. The smallest absolute Gasteiger partial charge is 0.279 e. The van der Waals surface area contributed by atoms with Crippen molar-refractivity contribution >= 4 is 40.5 Å². The largest absolute Gasteiger partial charge is 0.359 e. The van der Waals surface area contributed by atoms with Crippen molar-refractivity contribution in [2.24, 2.45) is 0 Å². The summed E-state index contributed by atoms with van der Waals surface area (Å²) in [4.78, 5) is 15.6.